The fraction of sp³-hybridized carbons (Fsp3) is 0.0370. The van der Waals surface area contributed by atoms with Crippen LogP contribution in [0.3, 0.4) is 0 Å². The molecule has 0 aliphatic carbocycles. The van der Waals surface area contributed by atoms with Gasteiger partial charge in [-0.05, 0) is 54.1 Å². The van der Waals surface area contributed by atoms with Crippen LogP contribution in [0.1, 0.15) is 0 Å². The minimum atomic E-state index is -5.08. The number of hydrogen-bond donors (Lipinski definition) is 2. The second-order valence-corrected chi connectivity index (χ2v) is 9.86. The van der Waals surface area contributed by atoms with Gasteiger partial charge in [-0.25, -0.2) is 14.8 Å². The summed E-state index contributed by atoms with van der Waals surface area (Å²) >= 11 is 7.42. The number of aromatic nitrogens is 4. The number of thiophene rings is 1. The molecule has 0 amide bonds. The molecule has 0 aliphatic heterocycles. The molecule has 6 rings (SSSR count). The van der Waals surface area contributed by atoms with Crippen molar-refractivity contribution in [3.05, 3.63) is 101 Å². The first-order valence-corrected chi connectivity index (χ1v) is 12.6. The number of carboxylic acid groups (broad SMARTS) is 1. The maximum atomic E-state index is 13.3. The summed E-state index contributed by atoms with van der Waals surface area (Å²) in [5.41, 5.74) is 10.9. The Bertz CT molecular complexity index is 1920. The number of imidazole rings is 1. The highest BCUT2D eigenvalue weighted by atomic mass is 35.5. The number of anilines is 1. The monoisotopic (exact) mass is 583 g/mol. The van der Waals surface area contributed by atoms with Gasteiger partial charge in [0.1, 0.15) is 11.0 Å². The number of benzene rings is 3. The van der Waals surface area contributed by atoms with E-state index < -0.39 is 12.1 Å². The van der Waals surface area contributed by atoms with Crippen LogP contribution in [0.15, 0.2) is 90.0 Å². The average Bonchev–Trinajstić information content (AvgIpc) is 3.50. The Morgan fingerprint density at radius 1 is 0.950 bits per heavy atom. The fourth-order valence-corrected chi connectivity index (χ4v) is 5.11. The van der Waals surface area contributed by atoms with Gasteiger partial charge in [0.25, 0.3) is 5.56 Å². The number of halogens is 4. The number of nitrogens with zero attached hydrogens (tertiary/aromatic N) is 4. The van der Waals surface area contributed by atoms with Gasteiger partial charge in [-0.15, -0.1) is 11.3 Å². The smallest absolute Gasteiger partial charge is 0.475 e. The van der Waals surface area contributed by atoms with Crippen molar-refractivity contribution in [3.8, 4) is 21.8 Å². The highest BCUT2D eigenvalue weighted by molar-refractivity contribution is 7.22. The van der Waals surface area contributed by atoms with Crippen LogP contribution in [0.25, 0.3) is 43.1 Å². The highest BCUT2D eigenvalue weighted by Crippen LogP contribution is 2.32. The summed E-state index contributed by atoms with van der Waals surface area (Å²) in [6, 6.07) is 24.9. The van der Waals surface area contributed by atoms with E-state index in [4.69, 9.17) is 27.2 Å². The lowest BCUT2D eigenvalue weighted by molar-refractivity contribution is -0.192. The van der Waals surface area contributed by atoms with Gasteiger partial charge in [-0.3, -0.25) is 13.9 Å². The highest BCUT2D eigenvalue weighted by Gasteiger charge is 2.38. The maximum Gasteiger partial charge on any atom is 0.490 e. The second kappa shape index (κ2) is 10.5. The minimum absolute atomic E-state index is 0.125. The number of carboxylic acids is 1. The number of alkyl halides is 3. The predicted molar refractivity (Wildman–Crippen MR) is 148 cm³/mol. The summed E-state index contributed by atoms with van der Waals surface area (Å²) in [7, 11) is 0. The summed E-state index contributed by atoms with van der Waals surface area (Å²) in [4.78, 5) is 32.2. The second-order valence-electron chi connectivity index (χ2n) is 8.37. The molecule has 0 atom stereocenters. The lowest BCUT2D eigenvalue weighted by atomic mass is 10.2. The van der Waals surface area contributed by atoms with Gasteiger partial charge in [-0.2, -0.15) is 13.2 Å². The lowest BCUT2D eigenvalue weighted by Gasteiger charge is -2.07. The molecule has 3 aromatic carbocycles. The van der Waals surface area contributed by atoms with Gasteiger partial charge < -0.3 is 10.8 Å². The molecular formula is C27H17ClF3N5O3S. The molecule has 0 saturated carbocycles. The number of fused-ring (bicyclic) bond motifs is 2. The summed E-state index contributed by atoms with van der Waals surface area (Å²) < 4.78 is 35.8. The van der Waals surface area contributed by atoms with Gasteiger partial charge in [0.2, 0.25) is 5.95 Å². The Morgan fingerprint density at radius 2 is 1.62 bits per heavy atom. The molecule has 0 bridgehead atoms. The van der Waals surface area contributed by atoms with Crippen molar-refractivity contribution in [3.63, 3.8) is 0 Å². The van der Waals surface area contributed by atoms with Crippen molar-refractivity contribution in [2.75, 3.05) is 5.73 Å². The van der Waals surface area contributed by atoms with Gasteiger partial charge in [0, 0.05) is 15.6 Å². The number of aliphatic carboxylic acids is 1. The van der Waals surface area contributed by atoms with Crippen molar-refractivity contribution in [1.29, 1.82) is 0 Å². The van der Waals surface area contributed by atoms with Crippen LogP contribution in [0, 0.1) is 0 Å². The first-order chi connectivity index (χ1) is 19.0. The molecule has 0 spiro atoms. The van der Waals surface area contributed by atoms with Crippen molar-refractivity contribution in [2.45, 2.75) is 6.18 Å². The van der Waals surface area contributed by atoms with Gasteiger partial charge >= 0.3 is 12.1 Å². The zero-order valence-electron chi connectivity index (χ0n) is 20.1. The molecule has 0 fully saturated rings. The van der Waals surface area contributed by atoms with E-state index in [1.165, 1.54) is 11.3 Å². The Balaban J connectivity index is 0.000000411. The molecule has 3 N–H and O–H groups in total. The van der Waals surface area contributed by atoms with Crippen LogP contribution in [0.2, 0.25) is 5.02 Å². The van der Waals surface area contributed by atoms with E-state index in [1.54, 1.807) is 10.9 Å². The molecule has 13 heteroatoms. The van der Waals surface area contributed by atoms with E-state index >= 15 is 0 Å². The number of hydrogen-bond acceptors (Lipinski definition) is 6. The van der Waals surface area contributed by atoms with E-state index in [0.29, 0.717) is 32.4 Å². The third-order valence-electron chi connectivity index (χ3n) is 5.77. The zero-order chi connectivity index (χ0) is 28.6. The SMILES string of the molecule is Nc1nc2cc(-n3cnc4cc(-c5ccc(Cl)cc5)sc4c3=O)ccc2n1-c1ccccc1.O=C(O)C(F)(F)F. The summed E-state index contributed by atoms with van der Waals surface area (Å²) in [6.45, 7) is 0. The Hall–Kier alpha value is -4.68. The standard InChI is InChI=1S/C25H16ClN5OS.C2HF3O2/c26-16-8-6-15(7-9-16)22-13-20-23(33-22)24(32)30(14-28-20)18-10-11-21-19(12-18)29-25(27)31(21)17-4-2-1-3-5-17;3-2(4,5)1(6)7/h1-14H,(H2,27,29);(H,6,7). The van der Waals surface area contributed by atoms with Crippen LogP contribution in [-0.4, -0.2) is 36.4 Å². The van der Waals surface area contributed by atoms with Crippen LogP contribution in [0.5, 0.6) is 0 Å². The molecule has 0 saturated heterocycles. The molecule has 0 aliphatic rings. The van der Waals surface area contributed by atoms with E-state index in [-0.39, 0.29) is 5.56 Å². The van der Waals surface area contributed by atoms with Crippen molar-refractivity contribution < 1.29 is 23.1 Å². The summed E-state index contributed by atoms with van der Waals surface area (Å²) in [5.74, 6) is -2.37. The number of rotatable bonds is 3. The fourth-order valence-electron chi connectivity index (χ4n) is 3.94. The largest absolute Gasteiger partial charge is 0.490 e. The first-order valence-electron chi connectivity index (χ1n) is 11.4. The van der Waals surface area contributed by atoms with Gasteiger partial charge in [-0.1, -0.05) is 41.9 Å². The van der Waals surface area contributed by atoms with Gasteiger partial charge in [0.15, 0.2) is 0 Å². The third kappa shape index (κ3) is 5.26. The Morgan fingerprint density at radius 3 is 2.27 bits per heavy atom. The molecule has 0 radical (unpaired) electrons. The summed E-state index contributed by atoms with van der Waals surface area (Å²) in [5, 5.41) is 7.80. The van der Waals surface area contributed by atoms with E-state index in [2.05, 4.69) is 9.97 Å². The van der Waals surface area contributed by atoms with E-state index in [0.717, 1.165) is 21.6 Å². The topological polar surface area (TPSA) is 116 Å². The molecule has 40 heavy (non-hydrogen) atoms. The molecule has 0 unspecified atom stereocenters. The van der Waals surface area contributed by atoms with Crippen LogP contribution >= 0.6 is 22.9 Å². The quantitative estimate of drug-likeness (QED) is 0.252. The zero-order valence-corrected chi connectivity index (χ0v) is 21.7. The number of para-hydroxylation sites is 1. The predicted octanol–water partition coefficient (Wildman–Crippen LogP) is 6.32. The van der Waals surface area contributed by atoms with E-state index in [9.17, 15) is 18.0 Å². The average molecular weight is 584 g/mol. The molecule has 6 aromatic rings. The summed E-state index contributed by atoms with van der Waals surface area (Å²) in [6.07, 6.45) is -3.53. The van der Waals surface area contributed by atoms with Crippen molar-refractivity contribution in [1.82, 2.24) is 19.1 Å². The van der Waals surface area contributed by atoms with Crippen LogP contribution < -0.4 is 11.3 Å². The first kappa shape index (κ1) is 26.9. The van der Waals surface area contributed by atoms with Crippen LogP contribution in [0.4, 0.5) is 19.1 Å². The lowest BCUT2D eigenvalue weighted by Crippen LogP contribution is -2.21. The Labute approximate surface area is 232 Å². The normalized spacial score (nSPS) is 11.4. The number of nitrogen functional groups attached to an aromatic ring is 1. The number of carbonyl (C=O) groups is 1. The molecule has 3 heterocycles. The number of nitrogens with two attached hydrogens (primary N) is 1. The van der Waals surface area contributed by atoms with Crippen molar-refractivity contribution >= 4 is 56.1 Å². The molecule has 8 nitrogen and oxygen atoms in total. The maximum absolute atomic E-state index is 13.3. The molecule has 3 aromatic heterocycles. The van der Waals surface area contributed by atoms with Crippen molar-refractivity contribution in [2.24, 2.45) is 0 Å². The van der Waals surface area contributed by atoms with E-state index in [1.807, 2.05) is 83.4 Å². The Kier molecular flexibility index (Phi) is 7.04. The third-order valence-corrected chi connectivity index (χ3v) is 7.18. The van der Waals surface area contributed by atoms with Gasteiger partial charge in [0.05, 0.1) is 22.2 Å². The molecule has 202 valence electrons. The molecular weight excluding hydrogens is 567 g/mol. The minimum Gasteiger partial charge on any atom is -0.475 e. The van der Waals surface area contributed by atoms with Crippen LogP contribution in [-0.2, 0) is 4.79 Å².